The predicted octanol–water partition coefficient (Wildman–Crippen LogP) is 9.17. The van der Waals surface area contributed by atoms with Gasteiger partial charge in [-0.05, 0) is 67.0 Å². The van der Waals surface area contributed by atoms with Crippen LogP contribution in [0.2, 0.25) is 0 Å². The van der Waals surface area contributed by atoms with E-state index in [1.807, 2.05) is 187 Å². The summed E-state index contributed by atoms with van der Waals surface area (Å²) < 4.78 is 0. The van der Waals surface area contributed by atoms with E-state index in [1.54, 1.807) is 0 Å². The van der Waals surface area contributed by atoms with Crippen LogP contribution in [-0.4, -0.2) is 123 Å². The van der Waals surface area contributed by atoms with Gasteiger partial charge in [0.05, 0.1) is 0 Å². The quantitative estimate of drug-likeness (QED) is 0.112. The molecule has 0 aromatic carbocycles. The first kappa shape index (κ1) is 99.0. The summed E-state index contributed by atoms with van der Waals surface area (Å²) in [5, 5.41) is 84.1. The molecule has 0 aromatic heterocycles. The molecule has 404 valence electrons. The largest absolute Gasteiger partial charge is 0.412 e. The fourth-order valence-electron chi connectivity index (χ4n) is 0.372. The number of hydrogen-bond acceptors (Lipinski definition) is 10. The maximum atomic E-state index is 8.47. The van der Waals surface area contributed by atoms with Gasteiger partial charge in [-0.15, -0.1) is 0 Å². The van der Waals surface area contributed by atoms with Gasteiger partial charge in [0.15, 0.2) is 0 Å². The van der Waals surface area contributed by atoms with Crippen LogP contribution in [-0.2, 0) is 63.2 Å². The van der Waals surface area contributed by atoms with Crippen LogP contribution < -0.4 is 0 Å². The van der Waals surface area contributed by atoms with Gasteiger partial charge in [-0.25, -0.2) is 0 Å². The molecule has 0 atom stereocenters. The van der Waals surface area contributed by atoms with Crippen molar-refractivity contribution in [2.24, 2.45) is 54.1 Å². The Balaban J connectivity index is -0.0000000408. The maximum Gasteiger partial charge on any atom is 0.0484 e. The third-order valence-electron chi connectivity index (χ3n) is 5.75. The second-order valence-electron chi connectivity index (χ2n) is 26.9. The van der Waals surface area contributed by atoms with Gasteiger partial charge in [0, 0.05) is 129 Å². The van der Waals surface area contributed by atoms with E-state index in [-0.39, 0.29) is 177 Å². The molecule has 1 aliphatic carbocycles. The van der Waals surface area contributed by atoms with Crippen molar-refractivity contribution in [1.82, 2.24) is 0 Å². The zero-order valence-corrected chi connectivity index (χ0v) is 53.7. The van der Waals surface area contributed by atoms with E-state index < -0.39 is 0 Å². The Morgan fingerprint density at radius 3 is 0.312 bits per heavy atom. The van der Waals surface area contributed by atoms with Crippen LogP contribution in [0.15, 0.2) is 0 Å². The molecule has 0 saturated heterocycles. The summed E-state index contributed by atoms with van der Waals surface area (Å²) in [7, 11) is 0. The Kier molecular flexibility index (Phi) is 74.6. The minimum Gasteiger partial charge on any atom is -0.412 e. The molecule has 1 saturated carbocycles. The number of aliphatic hydroxyl groups excluding tert-OH is 10. The van der Waals surface area contributed by atoms with Crippen LogP contribution in [0, 0.1) is 54.1 Å². The van der Waals surface area contributed by atoms with Gasteiger partial charge >= 0.3 is 0 Å². The van der Waals surface area contributed by atoms with E-state index in [4.69, 9.17) is 51.1 Å². The molecule has 12 N–H and O–H groups in total. The van der Waals surface area contributed by atoms with E-state index in [2.05, 4.69) is 6.92 Å². The molecular weight excluding hydrogens is 1060 g/mol. The second-order valence-corrected chi connectivity index (χ2v) is 26.9. The molecule has 0 heterocycles. The Morgan fingerprint density at radius 1 is 0.250 bits per heavy atom. The molecule has 0 amide bonds. The van der Waals surface area contributed by atoms with Crippen molar-refractivity contribution in [3.8, 4) is 0 Å². The fraction of sp³-hybridized carbons (Fsp3) is 1.00. The topological polar surface area (TPSA) is 234 Å². The predicted molar refractivity (Wildman–Crippen MR) is 267 cm³/mol. The zero-order chi connectivity index (χ0) is 51.5. The number of aliphatic hydroxyl groups is 10. The molecule has 0 spiro atoms. The molecule has 14 heteroatoms. The summed E-state index contributed by atoms with van der Waals surface area (Å²) in [5.74, 6) is 0. The summed E-state index contributed by atoms with van der Waals surface area (Å²) >= 11 is 0. The summed E-state index contributed by atoms with van der Waals surface area (Å²) in [6.45, 7) is 58.7. The average molecular weight is 1190 g/mol. The van der Waals surface area contributed by atoms with Gasteiger partial charge in [-0.3, -0.25) is 0 Å². The van der Waals surface area contributed by atoms with Crippen molar-refractivity contribution in [3.05, 3.63) is 0 Å². The monoisotopic (exact) mass is 1190 g/mol. The van der Waals surface area contributed by atoms with Crippen LogP contribution in [0.3, 0.4) is 0 Å². The Morgan fingerprint density at radius 2 is 0.312 bits per heavy atom. The van der Waals surface area contributed by atoms with Gasteiger partial charge in [0.1, 0.15) is 0 Å². The third kappa shape index (κ3) is 186. The van der Waals surface area contributed by atoms with Gasteiger partial charge in [-0.2, -0.15) is 0 Å². The van der Waals surface area contributed by atoms with E-state index in [0.29, 0.717) is 12.0 Å². The van der Waals surface area contributed by atoms with Gasteiger partial charge in [0.2, 0.25) is 0 Å². The van der Waals surface area contributed by atoms with Crippen molar-refractivity contribution in [1.29, 1.82) is 0 Å². The Bertz CT molecular complexity index is 645. The molecule has 1 fully saturated rings. The first-order valence-electron chi connectivity index (χ1n) is 21.9. The molecule has 1 rings (SSSR count). The van der Waals surface area contributed by atoms with Crippen molar-refractivity contribution < 1.29 is 120 Å². The summed E-state index contributed by atoms with van der Waals surface area (Å²) in [4.78, 5) is 0. The Labute approximate surface area is 443 Å². The summed E-state index contributed by atoms with van der Waals surface area (Å²) in [6.07, 6.45) is 2.45. The van der Waals surface area contributed by atoms with Gasteiger partial charge in [0.25, 0.3) is 0 Å². The molecule has 0 unspecified atom stereocenters. The van der Waals surface area contributed by atoms with Crippen LogP contribution in [0.1, 0.15) is 207 Å². The van der Waals surface area contributed by atoms with Crippen LogP contribution >= 0.6 is 0 Å². The third-order valence-corrected chi connectivity index (χ3v) is 5.75. The van der Waals surface area contributed by atoms with Crippen molar-refractivity contribution in [3.63, 3.8) is 0 Å². The van der Waals surface area contributed by atoms with Crippen molar-refractivity contribution in [2.45, 2.75) is 207 Å². The minimum absolute atomic E-state index is 0. The molecule has 64 heavy (non-hydrogen) atoms. The fourth-order valence-corrected chi connectivity index (χ4v) is 0.372. The van der Waals surface area contributed by atoms with Crippen LogP contribution in [0.4, 0.5) is 0 Å². The molecule has 0 aromatic rings. The van der Waals surface area contributed by atoms with Crippen LogP contribution in [0.5, 0.6) is 0 Å². The normalized spacial score (nSPS) is 12.7. The second kappa shape index (κ2) is 48.3. The van der Waals surface area contributed by atoms with Gasteiger partial charge < -0.3 is 56.5 Å². The van der Waals surface area contributed by atoms with Crippen molar-refractivity contribution in [2.75, 3.05) is 66.1 Å². The molecular formula is C50H120Mo3O11. The van der Waals surface area contributed by atoms with E-state index in [1.165, 1.54) is 12.8 Å². The summed E-state index contributed by atoms with van der Waals surface area (Å²) in [5.41, 5.74) is 1.22. The van der Waals surface area contributed by atoms with Gasteiger partial charge in [-0.1, -0.05) is 194 Å². The Hall–Kier alpha value is 1.62. The SMILES string of the molecule is CC(C)(C)CO.CC(C)(C)CO.CC(C)(C)CO.CC(C)(C)CO.CC(C)(C)CO.CC(C)(C)CO.CC(C)(C)CO.CC(C)(C)CO.CC(C)(C)CO.CC1(CO)CC1.O.[Mo].[Mo].[Mo]. The minimum atomic E-state index is 0. The summed E-state index contributed by atoms with van der Waals surface area (Å²) in [6, 6.07) is 0. The number of rotatable bonds is 1. The molecule has 0 aliphatic heterocycles. The number of hydrogen-bond donors (Lipinski definition) is 10. The van der Waals surface area contributed by atoms with Crippen molar-refractivity contribution >= 4 is 0 Å². The smallest absolute Gasteiger partial charge is 0.0484 e. The first-order chi connectivity index (χ1) is 25.8. The first-order valence-corrected chi connectivity index (χ1v) is 21.9. The maximum absolute atomic E-state index is 8.47. The van der Waals surface area contributed by atoms with E-state index in [9.17, 15) is 0 Å². The zero-order valence-electron chi connectivity index (χ0n) is 47.7. The average Bonchev–Trinajstić information content (AvgIpc) is 3.82. The standard InChI is InChI=1S/C5H10O.9C5H12O.3Mo.H2O/c1-5(4-6)2-3-5;9*1-5(2,3)4-6;;;;/h6H,2-4H2,1H3;9*6H,4H2,1-3H3;;;;1H2. The molecule has 1 aliphatic rings. The van der Waals surface area contributed by atoms with Crippen LogP contribution in [0.25, 0.3) is 0 Å². The molecule has 11 nitrogen and oxygen atoms in total. The molecule has 0 bridgehead atoms. The molecule has 0 radical (unpaired) electrons. The van der Waals surface area contributed by atoms with E-state index in [0.717, 1.165) is 0 Å². The van der Waals surface area contributed by atoms with E-state index >= 15 is 0 Å².